The molecule has 5 aliphatic carbocycles. The molecule has 0 aromatic heterocycles. The van der Waals surface area contributed by atoms with Crippen molar-refractivity contribution in [1.82, 2.24) is 0 Å². The van der Waals surface area contributed by atoms with Gasteiger partial charge in [-0.1, -0.05) is 100.0 Å². The van der Waals surface area contributed by atoms with Crippen LogP contribution in [0.1, 0.15) is 158 Å². The van der Waals surface area contributed by atoms with Gasteiger partial charge in [0.15, 0.2) is 0 Å². The lowest BCUT2D eigenvalue weighted by Gasteiger charge is -2.14. The first-order valence-electron chi connectivity index (χ1n) is 17.1. The Labute approximate surface area is 246 Å². The summed E-state index contributed by atoms with van der Waals surface area (Å²) < 4.78 is 0. The number of hydrogen-bond donors (Lipinski definition) is 0. The minimum atomic E-state index is 1.20. The second-order valence-electron chi connectivity index (χ2n) is 12.9. The highest BCUT2D eigenvalue weighted by Crippen LogP contribution is 2.51. The fourth-order valence-corrected chi connectivity index (χ4v) is 9.68. The van der Waals surface area contributed by atoms with Gasteiger partial charge in [-0.2, -0.15) is 0 Å². The monoisotopic (exact) mass is 536 g/mol. The summed E-state index contributed by atoms with van der Waals surface area (Å²) in [5, 5.41) is 0. The molecule has 0 heterocycles. The molecule has 216 valence electrons. The largest absolute Gasteiger partial charge is 0.0613 e. The third-order valence-corrected chi connectivity index (χ3v) is 11.1. The highest BCUT2D eigenvalue weighted by molar-refractivity contribution is 5.59. The van der Waals surface area contributed by atoms with E-state index < -0.39 is 0 Å². The summed E-state index contributed by atoms with van der Waals surface area (Å²) in [6.45, 7) is 19.3. The van der Waals surface area contributed by atoms with E-state index in [2.05, 4.69) is 55.4 Å². The molecule has 0 spiro atoms. The third kappa shape index (κ3) is 4.97. The topological polar surface area (TPSA) is 0 Å². The van der Waals surface area contributed by atoms with E-state index in [9.17, 15) is 0 Å². The predicted molar refractivity (Wildman–Crippen MR) is 175 cm³/mol. The number of hydrogen-bond acceptors (Lipinski definition) is 0. The first kappa shape index (κ1) is 29.4. The summed E-state index contributed by atoms with van der Waals surface area (Å²) in [6, 6.07) is 0. The number of fused-ring (bicyclic) bond motifs is 8. The highest BCUT2D eigenvalue weighted by atomic mass is 14.4. The average molecular weight is 537 g/mol. The molecule has 0 nitrogen and oxygen atoms in total. The number of rotatable bonds is 8. The first-order chi connectivity index (χ1) is 19.5. The molecule has 0 aliphatic heterocycles. The van der Waals surface area contributed by atoms with Gasteiger partial charge in [0.1, 0.15) is 0 Å². The van der Waals surface area contributed by atoms with Crippen molar-refractivity contribution in [2.75, 3.05) is 0 Å². The van der Waals surface area contributed by atoms with Crippen LogP contribution in [-0.4, -0.2) is 0 Å². The van der Waals surface area contributed by atoms with Crippen LogP contribution in [0.4, 0.5) is 0 Å². The van der Waals surface area contributed by atoms with Gasteiger partial charge in [-0.3, -0.25) is 0 Å². The lowest BCUT2D eigenvalue weighted by atomic mass is 9.91. The zero-order valence-electron chi connectivity index (χ0n) is 27.3. The second kappa shape index (κ2) is 12.4. The van der Waals surface area contributed by atoms with Gasteiger partial charge in [0.25, 0.3) is 0 Å². The molecule has 5 rings (SSSR count). The third-order valence-electron chi connectivity index (χ3n) is 11.1. The molecule has 0 radical (unpaired) electrons. The molecule has 0 saturated heterocycles. The maximum atomic E-state index is 2.41. The smallest absolute Gasteiger partial charge is 0.00901 e. The summed E-state index contributed by atoms with van der Waals surface area (Å²) >= 11 is 0. The van der Waals surface area contributed by atoms with Crippen LogP contribution in [0.3, 0.4) is 0 Å². The molecular formula is C40H56. The van der Waals surface area contributed by atoms with Gasteiger partial charge in [-0.05, 0) is 147 Å². The minimum absolute atomic E-state index is 1.20. The average Bonchev–Trinajstić information content (AvgIpc) is 3.67. The van der Waals surface area contributed by atoms with Crippen molar-refractivity contribution in [1.29, 1.82) is 0 Å². The summed E-state index contributed by atoms with van der Waals surface area (Å²) in [5.74, 6) is 0. The highest BCUT2D eigenvalue weighted by Gasteiger charge is 2.32. The van der Waals surface area contributed by atoms with Crippen molar-refractivity contribution in [2.24, 2.45) is 0 Å². The molecule has 0 amide bonds. The summed E-state index contributed by atoms with van der Waals surface area (Å²) in [7, 11) is 0. The van der Waals surface area contributed by atoms with E-state index in [4.69, 9.17) is 0 Å². The Morgan fingerprint density at radius 2 is 0.325 bits per heavy atom. The van der Waals surface area contributed by atoms with E-state index in [0.717, 1.165) is 0 Å². The van der Waals surface area contributed by atoms with E-state index in [1.807, 2.05) is 0 Å². The van der Waals surface area contributed by atoms with Crippen molar-refractivity contribution >= 4 is 0 Å². The molecule has 0 N–H and O–H groups in total. The standard InChI is InChI=1S/C40H56/c1-9-33-25-17-26(34(33)10-2)22-28-19-30(38(14-6)36(28)12-4)24-32-20-31(39(15-7)40(32)16-8)23-29-18-27(21-25)35(11-3)37(29)13-5/h9-24H2,1-8H3. The Bertz CT molecular complexity index is 1030. The van der Waals surface area contributed by atoms with E-state index in [1.165, 1.54) is 103 Å². The maximum absolute atomic E-state index is 2.41. The zero-order chi connectivity index (χ0) is 28.6. The Balaban J connectivity index is 1.64. The van der Waals surface area contributed by atoms with Gasteiger partial charge in [-0.25, -0.2) is 0 Å². The van der Waals surface area contributed by atoms with Gasteiger partial charge in [0.2, 0.25) is 0 Å². The van der Waals surface area contributed by atoms with Crippen LogP contribution in [0.5, 0.6) is 0 Å². The summed E-state index contributed by atoms with van der Waals surface area (Å²) in [5.41, 5.74) is 28.0. The van der Waals surface area contributed by atoms with E-state index >= 15 is 0 Å². The summed E-state index contributed by atoms with van der Waals surface area (Å²) in [4.78, 5) is 0. The molecular weight excluding hydrogens is 480 g/mol. The van der Waals surface area contributed by atoms with Crippen molar-refractivity contribution in [2.45, 2.75) is 158 Å². The normalized spacial score (nSPS) is 22.2. The molecule has 40 heavy (non-hydrogen) atoms. The molecule has 1 fully saturated rings. The molecule has 5 aliphatic rings. The fourth-order valence-electron chi connectivity index (χ4n) is 9.68. The molecule has 8 bridgehead atoms. The summed E-state index contributed by atoms with van der Waals surface area (Å²) in [6.07, 6.45) is 19.4. The van der Waals surface area contributed by atoms with E-state index in [-0.39, 0.29) is 0 Å². The Kier molecular flexibility index (Phi) is 9.14. The van der Waals surface area contributed by atoms with Crippen molar-refractivity contribution < 1.29 is 0 Å². The van der Waals surface area contributed by atoms with Crippen molar-refractivity contribution in [3.8, 4) is 0 Å². The molecule has 0 heteroatoms. The van der Waals surface area contributed by atoms with Crippen LogP contribution in [0.15, 0.2) is 89.2 Å². The molecule has 0 atom stereocenters. The van der Waals surface area contributed by atoms with E-state index in [1.54, 1.807) is 89.2 Å². The second-order valence-corrected chi connectivity index (χ2v) is 12.9. The van der Waals surface area contributed by atoms with Gasteiger partial charge in [-0.15, -0.1) is 0 Å². The number of allylic oxidation sites excluding steroid dienone is 16. The van der Waals surface area contributed by atoms with Crippen LogP contribution >= 0.6 is 0 Å². The molecule has 0 aromatic rings. The van der Waals surface area contributed by atoms with Crippen LogP contribution in [-0.2, 0) is 0 Å². The van der Waals surface area contributed by atoms with Gasteiger partial charge < -0.3 is 0 Å². The fraction of sp³-hybridized carbons (Fsp3) is 0.600. The van der Waals surface area contributed by atoms with Crippen LogP contribution in [0, 0.1) is 0 Å². The van der Waals surface area contributed by atoms with Crippen LogP contribution in [0.25, 0.3) is 0 Å². The lowest BCUT2D eigenvalue weighted by Crippen LogP contribution is -1.95. The minimum Gasteiger partial charge on any atom is -0.0613 e. The van der Waals surface area contributed by atoms with Crippen LogP contribution in [0.2, 0.25) is 0 Å². The molecule has 1 saturated carbocycles. The first-order valence-corrected chi connectivity index (χ1v) is 17.1. The van der Waals surface area contributed by atoms with Crippen LogP contribution < -0.4 is 0 Å². The molecule has 0 aromatic carbocycles. The Morgan fingerprint density at radius 3 is 0.400 bits per heavy atom. The zero-order valence-corrected chi connectivity index (χ0v) is 27.3. The van der Waals surface area contributed by atoms with E-state index in [0.29, 0.717) is 0 Å². The SMILES string of the molecule is CCC1=C2CC(=C1CC)CC1=C(CC)C(CC)=C(C1)CC1=C(CC)C(CC)=C(C1)CC1=C(CC)C(CC)=C(C1)C2. The molecule has 0 unspecified atom stereocenters. The van der Waals surface area contributed by atoms with Crippen molar-refractivity contribution in [3.05, 3.63) is 89.2 Å². The van der Waals surface area contributed by atoms with Gasteiger partial charge in [0, 0.05) is 0 Å². The quantitative estimate of drug-likeness (QED) is 0.289. The Hall–Kier alpha value is -2.08. The van der Waals surface area contributed by atoms with Gasteiger partial charge in [0.05, 0.1) is 0 Å². The lowest BCUT2D eigenvalue weighted by molar-refractivity contribution is 0.874. The van der Waals surface area contributed by atoms with Crippen molar-refractivity contribution in [3.63, 3.8) is 0 Å². The van der Waals surface area contributed by atoms with Gasteiger partial charge >= 0.3 is 0 Å². The Morgan fingerprint density at radius 1 is 0.225 bits per heavy atom. The predicted octanol–water partition coefficient (Wildman–Crippen LogP) is 12.8. The maximum Gasteiger partial charge on any atom is -0.00901 e.